The summed E-state index contributed by atoms with van der Waals surface area (Å²) < 4.78 is 0. The van der Waals surface area contributed by atoms with Crippen molar-refractivity contribution in [2.24, 2.45) is 11.3 Å². The van der Waals surface area contributed by atoms with Gasteiger partial charge in [-0.2, -0.15) is 0 Å². The van der Waals surface area contributed by atoms with E-state index in [0.29, 0.717) is 11.5 Å². The molecular formula is C16H24ClN. The lowest BCUT2D eigenvalue weighted by Crippen LogP contribution is -2.40. The van der Waals surface area contributed by atoms with Gasteiger partial charge in [0.1, 0.15) is 0 Å². The molecule has 0 saturated heterocycles. The van der Waals surface area contributed by atoms with Crippen molar-refractivity contribution in [3.63, 3.8) is 0 Å². The summed E-state index contributed by atoms with van der Waals surface area (Å²) in [5, 5.41) is 4.41. The SMILES string of the molecule is CNC(Cc1ccccc1Cl)C1CCCC1(C)C. The molecule has 2 rings (SSSR count). The number of hydrogen-bond donors (Lipinski definition) is 1. The van der Waals surface area contributed by atoms with Crippen LogP contribution in [0, 0.1) is 11.3 Å². The van der Waals surface area contributed by atoms with Crippen LogP contribution >= 0.6 is 11.6 Å². The van der Waals surface area contributed by atoms with Crippen molar-refractivity contribution in [3.05, 3.63) is 34.9 Å². The molecule has 1 aliphatic rings. The van der Waals surface area contributed by atoms with Crippen molar-refractivity contribution in [2.75, 3.05) is 7.05 Å². The molecule has 1 saturated carbocycles. The predicted octanol–water partition coefficient (Wildman–Crippen LogP) is 4.30. The van der Waals surface area contributed by atoms with Crippen LogP contribution in [-0.2, 0) is 6.42 Å². The van der Waals surface area contributed by atoms with Gasteiger partial charge in [-0.25, -0.2) is 0 Å². The number of benzene rings is 1. The Morgan fingerprint density at radius 2 is 2.11 bits per heavy atom. The van der Waals surface area contributed by atoms with Crippen LogP contribution in [0.15, 0.2) is 24.3 Å². The summed E-state index contributed by atoms with van der Waals surface area (Å²) in [7, 11) is 2.08. The van der Waals surface area contributed by atoms with E-state index in [9.17, 15) is 0 Å². The van der Waals surface area contributed by atoms with Gasteiger partial charge in [-0.15, -0.1) is 0 Å². The lowest BCUT2D eigenvalue weighted by molar-refractivity contribution is 0.201. The molecule has 0 aliphatic heterocycles. The maximum atomic E-state index is 6.28. The van der Waals surface area contributed by atoms with Gasteiger partial charge in [0.05, 0.1) is 0 Å². The van der Waals surface area contributed by atoms with E-state index >= 15 is 0 Å². The lowest BCUT2D eigenvalue weighted by Gasteiger charge is -2.34. The Hall–Kier alpha value is -0.530. The molecule has 18 heavy (non-hydrogen) atoms. The van der Waals surface area contributed by atoms with Crippen molar-refractivity contribution >= 4 is 11.6 Å². The summed E-state index contributed by atoms with van der Waals surface area (Å²) in [6.45, 7) is 4.81. The molecule has 0 radical (unpaired) electrons. The molecule has 0 heterocycles. The Morgan fingerprint density at radius 3 is 2.67 bits per heavy atom. The van der Waals surface area contributed by atoms with Crippen LogP contribution in [0.3, 0.4) is 0 Å². The van der Waals surface area contributed by atoms with Gasteiger partial charge < -0.3 is 5.32 Å². The maximum absolute atomic E-state index is 6.28. The number of nitrogens with one attached hydrogen (secondary N) is 1. The normalized spacial score (nSPS) is 24.1. The molecule has 1 aliphatic carbocycles. The van der Waals surface area contributed by atoms with Crippen LogP contribution in [0.25, 0.3) is 0 Å². The zero-order valence-corrected chi connectivity index (χ0v) is 12.4. The Morgan fingerprint density at radius 1 is 1.39 bits per heavy atom. The van der Waals surface area contributed by atoms with Crippen LogP contribution in [0.2, 0.25) is 5.02 Å². The summed E-state index contributed by atoms with van der Waals surface area (Å²) in [6, 6.07) is 8.74. The Bertz CT molecular complexity index is 400. The van der Waals surface area contributed by atoms with Crippen LogP contribution in [0.4, 0.5) is 0 Å². The van der Waals surface area contributed by atoms with E-state index in [1.54, 1.807) is 0 Å². The highest BCUT2D eigenvalue weighted by molar-refractivity contribution is 6.31. The van der Waals surface area contributed by atoms with E-state index in [0.717, 1.165) is 17.4 Å². The molecule has 1 fully saturated rings. The van der Waals surface area contributed by atoms with E-state index in [1.807, 2.05) is 12.1 Å². The summed E-state index contributed by atoms with van der Waals surface area (Å²) in [6.07, 6.45) is 5.07. The molecule has 2 heteroatoms. The quantitative estimate of drug-likeness (QED) is 0.856. The van der Waals surface area contributed by atoms with Crippen LogP contribution < -0.4 is 5.32 Å². The van der Waals surface area contributed by atoms with Gasteiger partial charge >= 0.3 is 0 Å². The van der Waals surface area contributed by atoms with Gasteiger partial charge in [0, 0.05) is 11.1 Å². The molecule has 0 aromatic heterocycles. The third kappa shape index (κ3) is 2.89. The second kappa shape index (κ2) is 5.63. The zero-order valence-electron chi connectivity index (χ0n) is 11.7. The fourth-order valence-corrected chi connectivity index (χ4v) is 3.66. The first-order valence-corrected chi connectivity index (χ1v) is 7.33. The van der Waals surface area contributed by atoms with Crippen LogP contribution in [0.5, 0.6) is 0 Å². The molecule has 0 amide bonds. The smallest absolute Gasteiger partial charge is 0.0438 e. The fraction of sp³-hybridized carbons (Fsp3) is 0.625. The minimum absolute atomic E-state index is 0.453. The van der Waals surface area contributed by atoms with E-state index in [1.165, 1.54) is 24.8 Å². The lowest BCUT2D eigenvalue weighted by atomic mass is 9.76. The summed E-state index contributed by atoms with van der Waals surface area (Å²) >= 11 is 6.28. The minimum atomic E-state index is 0.453. The van der Waals surface area contributed by atoms with Crippen LogP contribution in [-0.4, -0.2) is 13.1 Å². The zero-order chi connectivity index (χ0) is 13.2. The Kier molecular flexibility index (Phi) is 4.34. The van der Waals surface area contributed by atoms with Crippen molar-refractivity contribution in [2.45, 2.75) is 45.6 Å². The number of rotatable bonds is 4. The molecule has 0 spiro atoms. The monoisotopic (exact) mass is 265 g/mol. The molecule has 100 valence electrons. The van der Waals surface area contributed by atoms with Crippen molar-refractivity contribution in [3.8, 4) is 0 Å². The maximum Gasteiger partial charge on any atom is 0.0438 e. The third-order valence-electron chi connectivity index (χ3n) is 4.59. The van der Waals surface area contributed by atoms with Gasteiger partial charge in [-0.1, -0.05) is 50.1 Å². The molecule has 1 aromatic rings. The topological polar surface area (TPSA) is 12.0 Å². The van der Waals surface area contributed by atoms with Crippen molar-refractivity contribution in [1.29, 1.82) is 0 Å². The van der Waals surface area contributed by atoms with E-state index in [2.05, 4.69) is 38.3 Å². The molecule has 1 N–H and O–H groups in total. The standard InChI is InChI=1S/C16H24ClN/c1-16(2)10-6-8-13(16)15(18-3)11-12-7-4-5-9-14(12)17/h4-5,7,9,13,15,18H,6,8,10-11H2,1-3H3. The highest BCUT2D eigenvalue weighted by atomic mass is 35.5. The minimum Gasteiger partial charge on any atom is -0.316 e. The van der Waals surface area contributed by atoms with Gasteiger partial charge in [-0.05, 0) is 49.3 Å². The molecule has 2 unspecified atom stereocenters. The average molecular weight is 266 g/mol. The average Bonchev–Trinajstić information content (AvgIpc) is 2.68. The number of likely N-dealkylation sites (N-methyl/N-ethyl adjacent to an activating group) is 1. The van der Waals surface area contributed by atoms with Gasteiger partial charge in [0.2, 0.25) is 0 Å². The fourth-order valence-electron chi connectivity index (χ4n) is 3.45. The Balaban J connectivity index is 2.13. The largest absolute Gasteiger partial charge is 0.316 e. The van der Waals surface area contributed by atoms with Gasteiger partial charge in [-0.3, -0.25) is 0 Å². The summed E-state index contributed by atoms with van der Waals surface area (Å²) in [4.78, 5) is 0. The highest BCUT2D eigenvalue weighted by Crippen LogP contribution is 2.45. The highest BCUT2D eigenvalue weighted by Gasteiger charge is 2.38. The Labute approximate surface area is 116 Å². The number of hydrogen-bond acceptors (Lipinski definition) is 1. The summed E-state index contributed by atoms with van der Waals surface area (Å²) in [5.74, 6) is 0.749. The second-order valence-electron chi connectivity index (χ2n) is 6.18. The molecule has 1 nitrogen and oxygen atoms in total. The molecular weight excluding hydrogens is 242 g/mol. The van der Waals surface area contributed by atoms with E-state index in [-0.39, 0.29) is 0 Å². The van der Waals surface area contributed by atoms with Crippen LogP contribution in [0.1, 0.15) is 38.7 Å². The van der Waals surface area contributed by atoms with Gasteiger partial charge in [0.15, 0.2) is 0 Å². The molecule has 2 atom stereocenters. The van der Waals surface area contributed by atoms with Crippen molar-refractivity contribution in [1.82, 2.24) is 5.32 Å². The second-order valence-corrected chi connectivity index (χ2v) is 6.59. The molecule has 1 aromatic carbocycles. The first-order chi connectivity index (χ1) is 8.54. The predicted molar refractivity (Wildman–Crippen MR) is 79.1 cm³/mol. The summed E-state index contributed by atoms with van der Waals surface area (Å²) in [5.41, 5.74) is 1.72. The first kappa shape index (κ1) is 13.9. The third-order valence-corrected chi connectivity index (χ3v) is 4.96. The van der Waals surface area contributed by atoms with Crippen molar-refractivity contribution < 1.29 is 0 Å². The van der Waals surface area contributed by atoms with E-state index < -0.39 is 0 Å². The number of halogens is 1. The van der Waals surface area contributed by atoms with E-state index in [4.69, 9.17) is 11.6 Å². The molecule has 0 bridgehead atoms. The first-order valence-electron chi connectivity index (χ1n) is 6.95. The van der Waals surface area contributed by atoms with Gasteiger partial charge in [0.25, 0.3) is 0 Å².